The molecule has 0 aromatic heterocycles. The van der Waals surface area contributed by atoms with Gasteiger partial charge in [0, 0.05) is 12.5 Å². The summed E-state index contributed by atoms with van der Waals surface area (Å²) < 4.78 is 5.20. The van der Waals surface area contributed by atoms with E-state index >= 15 is 0 Å². The van der Waals surface area contributed by atoms with Crippen LogP contribution in [0.3, 0.4) is 0 Å². The van der Waals surface area contributed by atoms with Gasteiger partial charge < -0.3 is 9.84 Å². The molecule has 0 atom stereocenters. The number of aromatic hydroxyl groups is 1. The van der Waals surface area contributed by atoms with Crippen LogP contribution in [0.5, 0.6) is 11.5 Å². The SMILES string of the molecule is CC(=O)Oc1ccc2c(c1)C(C)(C)CCC2(C)C.CC(=O)c1cc2c(cc1O)C(C)(C)CCC2(C)C.CC(=O)c1ccc2c(c1)C(C)(C)CCC2(C)C.[Cl][Al]([Cl])[Cl]. The Morgan fingerprint density at radius 3 is 1.21 bits per heavy atom. The topological polar surface area (TPSA) is 80.7 Å². The van der Waals surface area contributed by atoms with E-state index in [0.717, 1.165) is 24.8 Å². The zero-order valence-corrected chi connectivity index (χ0v) is 40.6. The van der Waals surface area contributed by atoms with Crippen molar-refractivity contribution >= 4 is 59.1 Å². The number of hydrogen-bond acceptors (Lipinski definition) is 5. The number of ether oxygens (including phenoxy) is 1. The molecular weight excluding hydrogens is 790 g/mol. The van der Waals surface area contributed by atoms with Crippen molar-refractivity contribution in [2.45, 2.75) is 175 Å². The third-order valence-corrected chi connectivity index (χ3v) is 12.7. The minimum absolute atomic E-state index is 0.0671. The first-order valence-electron chi connectivity index (χ1n) is 20.2. The molecular formula is C48H66AlCl3O5. The highest BCUT2D eigenvalue weighted by atomic mass is 35.8. The summed E-state index contributed by atoms with van der Waals surface area (Å²) >= 11 is -1.72. The second-order valence-corrected chi connectivity index (χ2v) is 26.6. The van der Waals surface area contributed by atoms with Gasteiger partial charge in [0.15, 0.2) is 11.6 Å². The van der Waals surface area contributed by atoms with Gasteiger partial charge in [0.2, 0.25) is 0 Å². The largest absolute Gasteiger partial charge is 0.643 e. The number of phenols is 1. The molecule has 0 saturated heterocycles. The smallest absolute Gasteiger partial charge is 0.507 e. The first-order chi connectivity index (χ1) is 25.8. The Kier molecular flexibility index (Phi) is 15.6. The summed E-state index contributed by atoms with van der Waals surface area (Å²) in [6.07, 6.45) is 6.97. The minimum atomic E-state index is -1.72. The van der Waals surface area contributed by atoms with Gasteiger partial charge in [0.25, 0.3) is 0 Å². The predicted octanol–water partition coefficient (Wildman–Crippen LogP) is 13.8. The summed E-state index contributed by atoms with van der Waals surface area (Å²) in [6.45, 7) is 31.7. The maximum atomic E-state index is 11.6. The second kappa shape index (κ2) is 18.1. The highest BCUT2D eigenvalue weighted by Gasteiger charge is 2.40. The Morgan fingerprint density at radius 1 is 0.509 bits per heavy atom. The summed E-state index contributed by atoms with van der Waals surface area (Å²) in [4.78, 5) is 34.1. The molecule has 0 amide bonds. The summed E-state index contributed by atoms with van der Waals surface area (Å²) in [5.41, 5.74) is 10.1. The lowest BCUT2D eigenvalue weighted by Gasteiger charge is -2.42. The number of rotatable bonds is 3. The highest BCUT2D eigenvalue weighted by molar-refractivity contribution is 7.54. The summed E-state index contributed by atoms with van der Waals surface area (Å²) in [5, 5.41) is 10.0. The zero-order valence-electron chi connectivity index (χ0n) is 37.2. The van der Waals surface area contributed by atoms with Crippen molar-refractivity contribution in [3.8, 4) is 11.5 Å². The molecule has 0 unspecified atom stereocenters. The van der Waals surface area contributed by atoms with E-state index in [-0.39, 0.29) is 55.8 Å². The molecule has 312 valence electrons. The molecule has 9 heteroatoms. The Hall–Kier alpha value is -2.33. The lowest BCUT2D eigenvalue weighted by atomic mass is 9.63. The summed E-state index contributed by atoms with van der Waals surface area (Å²) in [7, 11) is 14.8. The van der Waals surface area contributed by atoms with Crippen LogP contribution in [0.15, 0.2) is 48.5 Å². The number of ketones is 2. The fourth-order valence-electron chi connectivity index (χ4n) is 8.49. The number of phenolic OH excluding ortho intramolecular Hbond substituents is 1. The Labute approximate surface area is 360 Å². The van der Waals surface area contributed by atoms with E-state index in [0.29, 0.717) is 11.3 Å². The van der Waals surface area contributed by atoms with E-state index < -0.39 is 11.4 Å². The Balaban J connectivity index is 0.000000218. The van der Waals surface area contributed by atoms with Crippen LogP contribution < -0.4 is 4.74 Å². The quantitative estimate of drug-likeness (QED) is 0.123. The van der Waals surface area contributed by atoms with E-state index in [1.54, 1.807) is 13.0 Å². The number of esters is 1. The number of fused-ring (bicyclic) bond motifs is 3. The van der Waals surface area contributed by atoms with E-state index in [9.17, 15) is 19.5 Å². The fraction of sp³-hybridized carbons (Fsp3) is 0.562. The summed E-state index contributed by atoms with van der Waals surface area (Å²) in [6, 6.07) is 16.0. The maximum absolute atomic E-state index is 11.6. The van der Waals surface area contributed by atoms with Gasteiger partial charge in [0.05, 0.1) is 5.56 Å². The number of carbonyl (C=O) groups is 3. The molecule has 3 aromatic rings. The van der Waals surface area contributed by atoms with E-state index in [1.807, 2.05) is 24.3 Å². The standard InChI is InChI=1S/2C16H22O2.C16H22O.Al.3ClH/c1-10(17)11-8-12-13(9-14(11)18)16(4,5)7-6-15(12,2)3;1-11(17)18-12-6-7-13-14(10-12)16(4,5)9-8-15(13,2)3;1-11(17)12-6-7-13-14(10-12)16(4,5)9-8-15(13,2)3;;;;/h8-9,18H,6-7H2,1-5H3;6-7,10H,8-9H2,1-5H3;6-7,10H,8-9H2,1-5H3;;3*1H/q;;;+3;;;/p-3. The second-order valence-electron chi connectivity index (χ2n) is 20.1. The molecule has 3 aromatic carbocycles. The number of hydrogen-bond donors (Lipinski definition) is 1. The average molecular weight is 856 g/mol. The minimum Gasteiger partial charge on any atom is -0.507 e. The van der Waals surface area contributed by atoms with Crippen LogP contribution in [0.1, 0.15) is 196 Å². The number of halogens is 3. The third-order valence-electron chi connectivity index (χ3n) is 12.7. The van der Waals surface area contributed by atoms with E-state index in [1.165, 1.54) is 66.5 Å². The van der Waals surface area contributed by atoms with Gasteiger partial charge in [-0.3, -0.25) is 14.4 Å². The molecule has 3 aliphatic carbocycles. The van der Waals surface area contributed by atoms with Crippen molar-refractivity contribution in [3.63, 3.8) is 0 Å². The highest BCUT2D eigenvalue weighted by Crippen LogP contribution is 2.49. The van der Waals surface area contributed by atoms with Crippen LogP contribution in [0.4, 0.5) is 0 Å². The van der Waals surface area contributed by atoms with Gasteiger partial charge in [-0.25, -0.2) is 30.1 Å². The molecule has 0 fully saturated rings. The third kappa shape index (κ3) is 12.1. The van der Waals surface area contributed by atoms with Crippen molar-refractivity contribution < 1.29 is 24.2 Å². The summed E-state index contributed by atoms with van der Waals surface area (Å²) in [5.74, 6) is 0.600. The lowest BCUT2D eigenvalue weighted by molar-refractivity contribution is -0.131. The molecule has 57 heavy (non-hydrogen) atoms. The average Bonchev–Trinajstić information content (AvgIpc) is 3.07. The number of Topliss-reactive ketones (excluding diaryl/α,β-unsaturated/α-hetero) is 2. The monoisotopic (exact) mass is 854 g/mol. The van der Waals surface area contributed by atoms with E-state index in [4.69, 9.17) is 34.9 Å². The number of carbonyl (C=O) groups excluding carboxylic acids is 3. The molecule has 1 N–H and O–H groups in total. The first-order valence-corrected chi connectivity index (χ1v) is 25.4. The maximum Gasteiger partial charge on any atom is 0.643 e. The van der Waals surface area contributed by atoms with Crippen molar-refractivity contribution in [2.75, 3.05) is 0 Å². The molecule has 0 aliphatic heterocycles. The normalized spacial score (nSPS) is 19.4. The van der Waals surface area contributed by atoms with Crippen molar-refractivity contribution in [3.05, 3.63) is 93.0 Å². The van der Waals surface area contributed by atoms with Crippen LogP contribution in [0.2, 0.25) is 0 Å². The number of benzene rings is 3. The Bertz CT molecular complexity index is 1970. The molecule has 0 radical (unpaired) electrons. The molecule has 3 aliphatic rings. The molecule has 0 spiro atoms. The van der Waals surface area contributed by atoms with Crippen LogP contribution in [-0.2, 0) is 37.3 Å². The molecule has 6 rings (SSSR count). The zero-order chi connectivity index (χ0) is 43.7. The molecule has 0 bridgehead atoms. The first kappa shape index (κ1) is 49.0. The lowest BCUT2D eigenvalue weighted by Crippen LogP contribution is -2.34. The van der Waals surface area contributed by atoms with Gasteiger partial charge in [-0.05, 0) is 149 Å². The van der Waals surface area contributed by atoms with Gasteiger partial charge in [0.1, 0.15) is 11.5 Å². The van der Waals surface area contributed by atoms with Crippen LogP contribution in [-0.4, -0.2) is 34.0 Å². The molecule has 0 heterocycles. The van der Waals surface area contributed by atoms with Crippen molar-refractivity contribution in [1.29, 1.82) is 0 Å². The fourth-order valence-corrected chi connectivity index (χ4v) is 8.49. The van der Waals surface area contributed by atoms with Gasteiger partial charge in [-0.2, -0.15) is 0 Å². The molecule has 5 nitrogen and oxygen atoms in total. The molecule has 0 saturated carbocycles. The van der Waals surface area contributed by atoms with Crippen molar-refractivity contribution in [1.82, 2.24) is 0 Å². The van der Waals surface area contributed by atoms with Crippen molar-refractivity contribution in [2.24, 2.45) is 0 Å². The van der Waals surface area contributed by atoms with Gasteiger partial charge in [-0.15, -0.1) is 0 Å². The van der Waals surface area contributed by atoms with Crippen LogP contribution in [0.25, 0.3) is 0 Å². The van der Waals surface area contributed by atoms with Gasteiger partial charge in [-0.1, -0.05) is 101 Å². The van der Waals surface area contributed by atoms with Crippen LogP contribution in [0, 0.1) is 0 Å². The predicted molar refractivity (Wildman–Crippen MR) is 241 cm³/mol. The van der Waals surface area contributed by atoms with Crippen LogP contribution >= 0.6 is 30.1 Å². The van der Waals surface area contributed by atoms with E-state index in [2.05, 4.69) is 101 Å². The van der Waals surface area contributed by atoms with Gasteiger partial charge >= 0.3 is 17.4 Å². The Morgan fingerprint density at radius 2 is 0.842 bits per heavy atom.